The molecule has 1 aliphatic heterocycles. The van der Waals surface area contributed by atoms with Crippen molar-refractivity contribution >= 4 is 5.91 Å². The number of carbonyl (C=O) groups excluding carboxylic acids is 1. The number of nitrogens with zero attached hydrogens (tertiary/aromatic N) is 3. The zero-order valence-corrected chi connectivity index (χ0v) is 17.1. The van der Waals surface area contributed by atoms with Crippen LogP contribution in [0.4, 0.5) is 0 Å². The molecule has 1 unspecified atom stereocenters. The van der Waals surface area contributed by atoms with Crippen molar-refractivity contribution in [1.29, 1.82) is 0 Å². The summed E-state index contributed by atoms with van der Waals surface area (Å²) in [6, 6.07) is 20.5. The van der Waals surface area contributed by atoms with Crippen molar-refractivity contribution in [3.8, 4) is 11.4 Å². The average molecular weight is 388 g/mol. The lowest BCUT2D eigenvalue weighted by Crippen LogP contribution is -2.41. The van der Waals surface area contributed by atoms with Gasteiger partial charge in [-0.15, -0.1) is 0 Å². The Labute approximate surface area is 173 Å². The Morgan fingerprint density at radius 2 is 1.69 bits per heavy atom. The maximum atomic E-state index is 13.1. The van der Waals surface area contributed by atoms with Crippen LogP contribution in [0.5, 0.6) is 0 Å². The van der Waals surface area contributed by atoms with Gasteiger partial charge in [-0.25, -0.2) is 4.98 Å². The minimum atomic E-state index is -0.0221. The van der Waals surface area contributed by atoms with Crippen LogP contribution in [0, 0.1) is 5.92 Å². The van der Waals surface area contributed by atoms with Gasteiger partial charge in [0.25, 0.3) is 0 Å². The summed E-state index contributed by atoms with van der Waals surface area (Å²) in [5.74, 6) is 1.86. The molecule has 4 heteroatoms. The number of amides is 1. The highest BCUT2D eigenvalue weighted by atomic mass is 16.2. The first-order valence-electron chi connectivity index (χ1n) is 10.7. The summed E-state index contributed by atoms with van der Waals surface area (Å²) in [4.78, 5) is 19.7. The second-order valence-corrected chi connectivity index (χ2v) is 7.91. The predicted molar refractivity (Wildman–Crippen MR) is 116 cm³/mol. The fraction of sp³-hybridized carbons (Fsp3) is 0.360. The predicted octanol–water partition coefficient (Wildman–Crippen LogP) is 4.98. The topological polar surface area (TPSA) is 38.1 Å². The maximum Gasteiger partial charge on any atom is 0.230 e. The second-order valence-electron chi connectivity index (χ2n) is 7.91. The minimum absolute atomic E-state index is 0.0221. The molecule has 4 rings (SSSR count). The van der Waals surface area contributed by atoms with E-state index in [9.17, 15) is 4.79 Å². The summed E-state index contributed by atoms with van der Waals surface area (Å²) in [7, 11) is 0. The summed E-state index contributed by atoms with van der Waals surface area (Å²) in [6.45, 7) is 4.76. The highest BCUT2D eigenvalue weighted by Crippen LogP contribution is 2.27. The Morgan fingerprint density at radius 1 is 1.03 bits per heavy atom. The highest BCUT2D eigenvalue weighted by molar-refractivity contribution is 5.83. The van der Waals surface area contributed by atoms with Crippen molar-refractivity contribution in [2.75, 3.05) is 13.1 Å². The van der Waals surface area contributed by atoms with Crippen LogP contribution in [0.15, 0.2) is 73.1 Å². The van der Waals surface area contributed by atoms with E-state index < -0.39 is 0 Å². The van der Waals surface area contributed by atoms with E-state index in [0.717, 1.165) is 55.8 Å². The molecule has 1 aliphatic rings. The fourth-order valence-electron chi connectivity index (χ4n) is 4.38. The van der Waals surface area contributed by atoms with E-state index in [2.05, 4.69) is 64.0 Å². The zero-order valence-electron chi connectivity index (χ0n) is 17.1. The average Bonchev–Trinajstić information content (AvgIpc) is 3.24. The van der Waals surface area contributed by atoms with Crippen LogP contribution >= 0.6 is 0 Å². The van der Waals surface area contributed by atoms with Crippen molar-refractivity contribution in [3.05, 3.63) is 78.6 Å². The molecule has 0 radical (unpaired) electrons. The van der Waals surface area contributed by atoms with Gasteiger partial charge in [-0.2, -0.15) is 0 Å². The largest absolute Gasteiger partial charge is 0.342 e. The van der Waals surface area contributed by atoms with Crippen LogP contribution in [0.25, 0.3) is 11.4 Å². The van der Waals surface area contributed by atoms with Gasteiger partial charge < -0.3 is 9.47 Å². The van der Waals surface area contributed by atoms with Gasteiger partial charge in [0.05, 0.1) is 5.92 Å². The SMILES string of the molecule is CCC(C(=O)N1CCC(Cn2ccnc2-c2ccccc2)CC1)c1ccccc1. The van der Waals surface area contributed by atoms with Gasteiger partial charge >= 0.3 is 0 Å². The molecule has 0 spiro atoms. The smallest absolute Gasteiger partial charge is 0.230 e. The normalized spacial score (nSPS) is 16.0. The Hall–Kier alpha value is -2.88. The van der Waals surface area contributed by atoms with Crippen molar-refractivity contribution in [1.82, 2.24) is 14.5 Å². The molecular formula is C25H29N3O. The van der Waals surface area contributed by atoms with Crippen LogP contribution in [0.2, 0.25) is 0 Å². The van der Waals surface area contributed by atoms with E-state index in [1.165, 1.54) is 0 Å². The molecule has 0 N–H and O–H groups in total. The highest BCUT2D eigenvalue weighted by Gasteiger charge is 2.28. The summed E-state index contributed by atoms with van der Waals surface area (Å²) in [5.41, 5.74) is 2.28. The lowest BCUT2D eigenvalue weighted by molar-refractivity contribution is -0.134. The number of hydrogen-bond acceptors (Lipinski definition) is 2. The van der Waals surface area contributed by atoms with Crippen LogP contribution in [0.1, 0.15) is 37.7 Å². The number of hydrogen-bond donors (Lipinski definition) is 0. The van der Waals surface area contributed by atoms with Crippen molar-refractivity contribution < 1.29 is 4.79 Å². The molecule has 1 saturated heterocycles. The lowest BCUT2D eigenvalue weighted by atomic mass is 9.92. The summed E-state index contributed by atoms with van der Waals surface area (Å²) in [6.07, 6.45) is 6.89. The van der Waals surface area contributed by atoms with Gasteiger partial charge in [0.2, 0.25) is 5.91 Å². The quantitative estimate of drug-likeness (QED) is 0.598. The van der Waals surface area contributed by atoms with E-state index in [4.69, 9.17) is 0 Å². The third-order valence-corrected chi connectivity index (χ3v) is 6.04. The van der Waals surface area contributed by atoms with E-state index in [1.807, 2.05) is 30.5 Å². The molecule has 150 valence electrons. The van der Waals surface area contributed by atoms with Crippen molar-refractivity contribution in [2.24, 2.45) is 5.92 Å². The van der Waals surface area contributed by atoms with Crippen molar-refractivity contribution in [3.63, 3.8) is 0 Å². The number of benzene rings is 2. The molecule has 0 aliphatic carbocycles. The third kappa shape index (κ3) is 4.42. The molecule has 1 atom stereocenters. The minimum Gasteiger partial charge on any atom is -0.342 e. The Balaban J connectivity index is 1.37. The first-order valence-corrected chi connectivity index (χ1v) is 10.7. The fourth-order valence-corrected chi connectivity index (χ4v) is 4.38. The number of likely N-dealkylation sites (tertiary alicyclic amines) is 1. The van der Waals surface area contributed by atoms with Gasteiger partial charge in [-0.05, 0) is 30.7 Å². The van der Waals surface area contributed by atoms with Crippen LogP contribution in [-0.4, -0.2) is 33.4 Å². The van der Waals surface area contributed by atoms with Gasteiger partial charge in [-0.3, -0.25) is 4.79 Å². The van der Waals surface area contributed by atoms with Crippen LogP contribution in [0.3, 0.4) is 0 Å². The summed E-state index contributed by atoms with van der Waals surface area (Å²) < 4.78 is 2.26. The monoisotopic (exact) mass is 387 g/mol. The standard InChI is InChI=1S/C25H29N3O/c1-2-23(21-9-5-3-6-10-21)25(29)27-16-13-20(14-17-27)19-28-18-15-26-24(28)22-11-7-4-8-12-22/h3-12,15,18,20,23H,2,13-14,16-17,19H2,1H3. The maximum absolute atomic E-state index is 13.1. The Morgan fingerprint density at radius 3 is 2.34 bits per heavy atom. The molecule has 0 bridgehead atoms. The molecule has 3 aromatic rings. The molecule has 2 aromatic carbocycles. The number of rotatable bonds is 6. The van der Waals surface area contributed by atoms with Gasteiger partial charge in [0.15, 0.2) is 0 Å². The molecule has 1 aromatic heterocycles. The molecule has 4 nitrogen and oxygen atoms in total. The zero-order chi connectivity index (χ0) is 20.1. The van der Waals surface area contributed by atoms with Crippen molar-refractivity contribution in [2.45, 2.75) is 38.6 Å². The Kier molecular flexibility index (Phi) is 6.09. The molecule has 1 amide bonds. The van der Waals surface area contributed by atoms with Gasteiger partial charge in [-0.1, -0.05) is 67.6 Å². The summed E-state index contributed by atoms with van der Waals surface area (Å²) in [5, 5.41) is 0. The molecule has 29 heavy (non-hydrogen) atoms. The lowest BCUT2D eigenvalue weighted by Gasteiger charge is -2.34. The number of piperidine rings is 1. The number of imidazole rings is 1. The second kappa shape index (κ2) is 9.08. The summed E-state index contributed by atoms with van der Waals surface area (Å²) >= 11 is 0. The molecule has 1 fully saturated rings. The third-order valence-electron chi connectivity index (χ3n) is 6.04. The first-order chi connectivity index (χ1) is 14.3. The van der Waals surface area contributed by atoms with Gasteiger partial charge in [0, 0.05) is 37.6 Å². The van der Waals surface area contributed by atoms with Gasteiger partial charge in [0.1, 0.15) is 5.82 Å². The first kappa shape index (κ1) is 19.4. The number of aromatic nitrogens is 2. The van der Waals surface area contributed by atoms with E-state index >= 15 is 0 Å². The molecular weight excluding hydrogens is 358 g/mol. The van der Waals surface area contributed by atoms with Crippen LogP contribution in [-0.2, 0) is 11.3 Å². The van der Waals surface area contributed by atoms with E-state index in [1.54, 1.807) is 0 Å². The number of carbonyl (C=O) groups is 1. The van der Waals surface area contributed by atoms with Crippen LogP contribution < -0.4 is 0 Å². The molecule has 0 saturated carbocycles. The molecule has 2 heterocycles. The Bertz CT molecular complexity index is 912. The van der Waals surface area contributed by atoms with E-state index in [-0.39, 0.29) is 11.8 Å². The van der Waals surface area contributed by atoms with E-state index in [0.29, 0.717) is 5.92 Å².